The third-order valence-corrected chi connectivity index (χ3v) is 2.20. The molecule has 2 aromatic rings. The summed E-state index contributed by atoms with van der Waals surface area (Å²) in [6.07, 6.45) is 0. The first-order valence-corrected chi connectivity index (χ1v) is 4.36. The van der Waals surface area contributed by atoms with Crippen LogP contribution >= 0.6 is 0 Å². The van der Waals surface area contributed by atoms with Crippen molar-refractivity contribution in [1.82, 2.24) is 4.98 Å². The van der Waals surface area contributed by atoms with Gasteiger partial charge in [-0.05, 0) is 18.2 Å². The summed E-state index contributed by atoms with van der Waals surface area (Å²) < 4.78 is 5.06. The van der Waals surface area contributed by atoms with Crippen LogP contribution in [0, 0.1) is 11.3 Å². The third-order valence-electron chi connectivity index (χ3n) is 2.20. The summed E-state index contributed by atoms with van der Waals surface area (Å²) in [6, 6.07) is 8.46. The van der Waals surface area contributed by atoms with E-state index in [0.717, 1.165) is 0 Å². The first-order chi connectivity index (χ1) is 7.26. The van der Waals surface area contributed by atoms with E-state index < -0.39 is 0 Å². The van der Waals surface area contributed by atoms with Crippen LogP contribution in [-0.4, -0.2) is 12.1 Å². The minimum absolute atomic E-state index is 0.184. The van der Waals surface area contributed by atoms with Crippen LogP contribution in [0.1, 0.15) is 5.56 Å². The fraction of sp³-hybridized carbons (Fsp3) is 0.0909. The van der Waals surface area contributed by atoms with E-state index in [4.69, 9.17) is 10.00 Å². The zero-order chi connectivity index (χ0) is 10.8. The molecule has 0 radical (unpaired) electrons. The van der Waals surface area contributed by atoms with Crippen LogP contribution in [0.2, 0.25) is 0 Å². The molecule has 0 aliphatic rings. The van der Waals surface area contributed by atoms with Crippen molar-refractivity contribution in [2.75, 3.05) is 7.11 Å². The number of nitriles is 1. The summed E-state index contributed by atoms with van der Waals surface area (Å²) in [4.78, 5) is 13.7. The molecule has 4 heteroatoms. The highest BCUT2D eigenvalue weighted by Gasteiger charge is 2.07. The number of benzene rings is 1. The third kappa shape index (κ3) is 1.44. The largest absolute Gasteiger partial charge is 0.495 e. The SMILES string of the molecule is COc1ccc2[nH]c(=O)ccc2c1C#N. The van der Waals surface area contributed by atoms with Crippen molar-refractivity contribution in [3.05, 3.63) is 40.2 Å². The number of fused-ring (bicyclic) bond motifs is 1. The summed E-state index contributed by atoms with van der Waals surface area (Å²) in [7, 11) is 1.51. The Kier molecular flexibility index (Phi) is 2.14. The molecule has 4 nitrogen and oxygen atoms in total. The number of hydrogen-bond donors (Lipinski definition) is 1. The molecule has 0 aliphatic carbocycles. The second-order valence-electron chi connectivity index (χ2n) is 3.04. The smallest absolute Gasteiger partial charge is 0.248 e. The molecule has 0 spiro atoms. The molecular weight excluding hydrogens is 192 g/mol. The van der Waals surface area contributed by atoms with Crippen LogP contribution < -0.4 is 10.3 Å². The second kappa shape index (κ2) is 3.46. The van der Waals surface area contributed by atoms with Crippen molar-refractivity contribution in [2.24, 2.45) is 0 Å². The van der Waals surface area contributed by atoms with Gasteiger partial charge in [0.25, 0.3) is 0 Å². The maximum absolute atomic E-state index is 11.1. The Labute approximate surface area is 85.7 Å². The molecule has 74 valence electrons. The van der Waals surface area contributed by atoms with Crippen molar-refractivity contribution in [3.8, 4) is 11.8 Å². The van der Waals surface area contributed by atoms with Gasteiger partial charge >= 0.3 is 0 Å². The summed E-state index contributed by atoms with van der Waals surface area (Å²) in [5.41, 5.74) is 0.891. The molecule has 0 atom stereocenters. The van der Waals surface area contributed by atoms with Crippen LogP contribution in [0.15, 0.2) is 29.1 Å². The number of nitrogens with zero attached hydrogens (tertiary/aromatic N) is 1. The molecule has 2 rings (SSSR count). The topological polar surface area (TPSA) is 65.9 Å². The standard InChI is InChI=1S/C11H8N2O2/c1-15-10-4-3-9-7(8(10)6-12)2-5-11(14)13-9/h2-5H,1H3,(H,13,14). The van der Waals surface area contributed by atoms with Gasteiger partial charge < -0.3 is 9.72 Å². The number of rotatable bonds is 1. The lowest BCUT2D eigenvalue weighted by molar-refractivity contribution is 0.414. The van der Waals surface area contributed by atoms with Crippen LogP contribution in [0.3, 0.4) is 0 Å². The van der Waals surface area contributed by atoms with Gasteiger partial charge in [0.15, 0.2) is 0 Å². The Hall–Kier alpha value is -2.28. The molecule has 1 N–H and O–H groups in total. The van der Waals surface area contributed by atoms with Crippen molar-refractivity contribution in [3.63, 3.8) is 0 Å². The average Bonchev–Trinajstić information content (AvgIpc) is 2.27. The molecule has 0 bridgehead atoms. The molecule has 1 aromatic heterocycles. The number of aromatic nitrogens is 1. The van der Waals surface area contributed by atoms with Crippen molar-refractivity contribution < 1.29 is 4.74 Å². The zero-order valence-corrected chi connectivity index (χ0v) is 8.07. The highest BCUT2D eigenvalue weighted by molar-refractivity contribution is 5.87. The van der Waals surface area contributed by atoms with Gasteiger partial charge in [-0.1, -0.05) is 0 Å². The van der Waals surface area contributed by atoms with Crippen LogP contribution in [0.4, 0.5) is 0 Å². The van der Waals surface area contributed by atoms with Gasteiger partial charge in [-0.15, -0.1) is 0 Å². The molecule has 0 saturated heterocycles. The summed E-state index contributed by atoms with van der Waals surface area (Å²) in [5, 5.41) is 9.69. The minimum Gasteiger partial charge on any atom is -0.495 e. The quantitative estimate of drug-likeness (QED) is 0.756. The lowest BCUT2D eigenvalue weighted by Gasteiger charge is -2.05. The molecule has 1 aromatic carbocycles. The number of ether oxygens (including phenoxy) is 1. The van der Waals surface area contributed by atoms with Gasteiger partial charge in [-0.25, -0.2) is 0 Å². The predicted molar refractivity (Wildman–Crippen MR) is 55.8 cm³/mol. The van der Waals surface area contributed by atoms with Crippen LogP contribution in [0.25, 0.3) is 10.9 Å². The number of H-pyrrole nitrogens is 1. The van der Waals surface area contributed by atoms with Gasteiger partial charge in [0, 0.05) is 17.0 Å². The molecule has 0 aliphatic heterocycles. The van der Waals surface area contributed by atoms with Gasteiger partial charge in [0.1, 0.15) is 17.4 Å². The van der Waals surface area contributed by atoms with E-state index in [2.05, 4.69) is 11.1 Å². The zero-order valence-electron chi connectivity index (χ0n) is 8.07. The van der Waals surface area contributed by atoms with Crippen molar-refractivity contribution >= 4 is 10.9 Å². The number of methoxy groups -OCH3 is 1. The van der Waals surface area contributed by atoms with Crippen LogP contribution in [-0.2, 0) is 0 Å². The summed E-state index contributed by atoms with van der Waals surface area (Å²) >= 11 is 0. The Balaban J connectivity index is 2.90. The fourth-order valence-corrected chi connectivity index (χ4v) is 1.50. The Morgan fingerprint density at radius 2 is 2.13 bits per heavy atom. The van der Waals surface area contributed by atoms with E-state index in [1.165, 1.54) is 13.2 Å². The number of nitrogens with one attached hydrogen (secondary N) is 1. The average molecular weight is 200 g/mol. The summed E-state index contributed by atoms with van der Waals surface area (Å²) in [5.74, 6) is 0.511. The fourth-order valence-electron chi connectivity index (χ4n) is 1.50. The van der Waals surface area contributed by atoms with Crippen molar-refractivity contribution in [1.29, 1.82) is 5.26 Å². The number of pyridine rings is 1. The lowest BCUT2D eigenvalue weighted by atomic mass is 10.1. The minimum atomic E-state index is -0.184. The predicted octanol–water partition coefficient (Wildman–Crippen LogP) is 1.41. The van der Waals surface area contributed by atoms with Gasteiger partial charge in [0.2, 0.25) is 5.56 Å². The monoisotopic (exact) mass is 200 g/mol. The Morgan fingerprint density at radius 1 is 1.33 bits per heavy atom. The van der Waals surface area contributed by atoms with E-state index in [1.54, 1.807) is 18.2 Å². The summed E-state index contributed by atoms with van der Waals surface area (Å²) in [6.45, 7) is 0. The van der Waals surface area contributed by atoms with Gasteiger partial charge in [-0.2, -0.15) is 5.26 Å². The van der Waals surface area contributed by atoms with E-state index in [9.17, 15) is 4.79 Å². The molecule has 0 amide bonds. The number of hydrogen-bond acceptors (Lipinski definition) is 3. The van der Waals surface area contributed by atoms with E-state index >= 15 is 0 Å². The molecular formula is C11H8N2O2. The molecule has 0 fully saturated rings. The van der Waals surface area contributed by atoms with E-state index in [0.29, 0.717) is 22.2 Å². The highest BCUT2D eigenvalue weighted by Crippen LogP contribution is 2.24. The van der Waals surface area contributed by atoms with Gasteiger partial charge in [0.05, 0.1) is 7.11 Å². The first kappa shape index (κ1) is 9.28. The molecule has 1 heterocycles. The Bertz CT molecular complexity index is 608. The number of aromatic amines is 1. The highest BCUT2D eigenvalue weighted by atomic mass is 16.5. The maximum atomic E-state index is 11.1. The first-order valence-electron chi connectivity index (χ1n) is 4.36. The molecule has 0 saturated carbocycles. The maximum Gasteiger partial charge on any atom is 0.248 e. The normalized spacial score (nSPS) is 9.87. The Morgan fingerprint density at radius 3 is 2.80 bits per heavy atom. The van der Waals surface area contributed by atoms with Crippen molar-refractivity contribution in [2.45, 2.75) is 0 Å². The van der Waals surface area contributed by atoms with Gasteiger partial charge in [-0.3, -0.25) is 4.79 Å². The molecule has 0 unspecified atom stereocenters. The van der Waals surface area contributed by atoms with E-state index in [-0.39, 0.29) is 5.56 Å². The lowest BCUT2D eigenvalue weighted by Crippen LogP contribution is -2.03. The van der Waals surface area contributed by atoms with E-state index in [1.807, 2.05) is 0 Å². The van der Waals surface area contributed by atoms with Crippen LogP contribution in [0.5, 0.6) is 5.75 Å². The second-order valence-corrected chi connectivity index (χ2v) is 3.04. The molecule has 15 heavy (non-hydrogen) atoms.